The highest BCUT2D eigenvalue weighted by atomic mass is 79.9. The van der Waals surface area contributed by atoms with Gasteiger partial charge in [0.05, 0.1) is 19.3 Å². The Kier molecular flexibility index (Phi) is 4.85. The highest BCUT2D eigenvalue weighted by Crippen LogP contribution is 2.22. The minimum Gasteiger partial charge on any atom is -0.200 e. The van der Waals surface area contributed by atoms with Crippen molar-refractivity contribution >= 4 is 54.6 Å². The van der Waals surface area contributed by atoms with Crippen LogP contribution in [0, 0.1) is 0 Å². The van der Waals surface area contributed by atoms with Crippen molar-refractivity contribution in [2.45, 2.75) is 11.8 Å². The van der Waals surface area contributed by atoms with E-state index in [1.54, 1.807) is 6.92 Å². The van der Waals surface area contributed by atoms with E-state index < -0.39 is 10.0 Å². The van der Waals surface area contributed by atoms with Gasteiger partial charge in [-0.2, -0.15) is 18.4 Å². The molecule has 2 aromatic rings. The van der Waals surface area contributed by atoms with Gasteiger partial charge in [0.25, 0.3) is 10.0 Å². The summed E-state index contributed by atoms with van der Waals surface area (Å²) in [5, 5.41) is 4.39. The zero-order chi connectivity index (χ0) is 14.8. The molecule has 0 radical (unpaired) electrons. The van der Waals surface area contributed by atoms with Crippen LogP contribution in [0.5, 0.6) is 0 Å². The second-order valence-corrected chi connectivity index (χ2v) is 8.41. The third kappa shape index (κ3) is 3.82. The van der Waals surface area contributed by atoms with Gasteiger partial charge in [-0.25, -0.2) is 0 Å². The summed E-state index contributed by atoms with van der Waals surface area (Å²) in [5.41, 5.74) is 0.596. The first kappa shape index (κ1) is 15.5. The minimum absolute atomic E-state index is 0.116. The van der Waals surface area contributed by atoms with E-state index in [2.05, 4.69) is 25.9 Å². The number of nitrogens with one attached hydrogen (secondary N) is 1. The number of hydrogen-bond donors (Lipinski definition) is 1. The molecule has 0 unspecified atom stereocenters. The van der Waals surface area contributed by atoms with Crippen molar-refractivity contribution in [1.82, 2.24) is 4.83 Å². The van der Waals surface area contributed by atoms with Crippen LogP contribution in [0.15, 0.2) is 50.2 Å². The van der Waals surface area contributed by atoms with Gasteiger partial charge < -0.3 is 0 Å². The fourth-order valence-corrected chi connectivity index (χ4v) is 3.67. The first-order valence-electron chi connectivity index (χ1n) is 5.46. The molecule has 1 aromatic carbocycles. The highest BCUT2D eigenvalue weighted by Gasteiger charge is 2.13. The van der Waals surface area contributed by atoms with Crippen LogP contribution in [0.3, 0.4) is 0 Å². The largest absolute Gasteiger partial charge is 0.276 e. The molecule has 106 valence electrons. The molecule has 0 amide bonds. The van der Waals surface area contributed by atoms with Crippen LogP contribution >= 0.6 is 38.9 Å². The molecule has 1 N–H and O–H groups in total. The second-order valence-electron chi connectivity index (χ2n) is 3.85. The monoisotopic (exact) mass is 392 g/mol. The molecule has 0 aliphatic carbocycles. The third-order valence-electron chi connectivity index (χ3n) is 2.39. The van der Waals surface area contributed by atoms with Crippen LogP contribution in [-0.4, -0.2) is 14.1 Å². The van der Waals surface area contributed by atoms with Gasteiger partial charge in [-0.15, -0.1) is 11.3 Å². The molecule has 4 nitrogen and oxygen atoms in total. The maximum atomic E-state index is 12.0. The van der Waals surface area contributed by atoms with E-state index in [4.69, 9.17) is 11.6 Å². The van der Waals surface area contributed by atoms with Crippen LogP contribution in [-0.2, 0) is 10.0 Å². The molecule has 0 bridgehead atoms. The lowest BCUT2D eigenvalue weighted by Gasteiger charge is -2.04. The number of thiophene rings is 1. The molecule has 1 heterocycles. The first-order valence-corrected chi connectivity index (χ1v) is 8.93. The smallest absolute Gasteiger partial charge is 0.200 e. The predicted molar refractivity (Wildman–Crippen MR) is 86.0 cm³/mol. The van der Waals surface area contributed by atoms with Gasteiger partial charge in [0, 0.05) is 5.02 Å². The summed E-state index contributed by atoms with van der Waals surface area (Å²) in [6, 6.07) is 9.64. The van der Waals surface area contributed by atoms with Gasteiger partial charge in [0.2, 0.25) is 0 Å². The van der Waals surface area contributed by atoms with Crippen molar-refractivity contribution in [2.24, 2.45) is 5.10 Å². The van der Waals surface area contributed by atoms with E-state index in [1.807, 2.05) is 12.1 Å². The standard InChI is InChI=1S/C12H10BrClN2O2S2/c1-8(11-6-7-12(13)19-11)15-16-20(17,18)10-4-2-9(14)3-5-10/h2-7,16H,1H3. The average Bonchev–Trinajstić information content (AvgIpc) is 2.83. The van der Waals surface area contributed by atoms with E-state index in [0.717, 1.165) is 8.66 Å². The molecule has 0 aliphatic rings. The Bertz CT molecular complexity index is 739. The number of sulfonamides is 1. The normalized spacial score (nSPS) is 12.4. The molecule has 0 fully saturated rings. The van der Waals surface area contributed by atoms with Gasteiger partial charge in [-0.1, -0.05) is 11.6 Å². The van der Waals surface area contributed by atoms with E-state index in [1.165, 1.54) is 35.6 Å². The Balaban J connectivity index is 2.18. The Labute approximate surface area is 134 Å². The molecule has 1 aromatic heterocycles. The lowest BCUT2D eigenvalue weighted by atomic mass is 10.3. The molecule has 0 atom stereocenters. The maximum Gasteiger partial charge on any atom is 0.276 e. The van der Waals surface area contributed by atoms with Crippen molar-refractivity contribution in [3.05, 3.63) is 50.1 Å². The van der Waals surface area contributed by atoms with Crippen molar-refractivity contribution in [1.29, 1.82) is 0 Å². The van der Waals surface area contributed by atoms with Crippen molar-refractivity contribution in [3.8, 4) is 0 Å². The molecular formula is C12H10BrClN2O2S2. The van der Waals surface area contributed by atoms with Crippen LogP contribution < -0.4 is 4.83 Å². The zero-order valence-electron chi connectivity index (χ0n) is 10.3. The quantitative estimate of drug-likeness (QED) is 0.633. The lowest BCUT2D eigenvalue weighted by Crippen LogP contribution is -2.19. The molecule has 0 spiro atoms. The van der Waals surface area contributed by atoms with Crippen molar-refractivity contribution in [3.63, 3.8) is 0 Å². The number of rotatable bonds is 4. The van der Waals surface area contributed by atoms with E-state index in [9.17, 15) is 8.42 Å². The first-order chi connectivity index (χ1) is 9.38. The fraction of sp³-hybridized carbons (Fsp3) is 0.0833. The van der Waals surface area contributed by atoms with Crippen LogP contribution in [0.1, 0.15) is 11.8 Å². The Morgan fingerprint density at radius 3 is 2.45 bits per heavy atom. The van der Waals surface area contributed by atoms with Crippen LogP contribution in [0.25, 0.3) is 0 Å². The molecule has 8 heteroatoms. The SMILES string of the molecule is CC(=NNS(=O)(=O)c1ccc(Cl)cc1)c1ccc(Br)s1. The highest BCUT2D eigenvalue weighted by molar-refractivity contribution is 9.11. The summed E-state index contributed by atoms with van der Waals surface area (Å²) in [6.45, 7) is 1.74. The Morgan fingerprint density at radius 2 is 1.90 bits per heavy atom. The van der Waals surface area contributed by atoms with Gasteiger partial charge in [-0.05, 0) is 59.3 Å². The predicted octanol–water partition coefficient (Wildman–Crippen LogP) is 3.87. The minimum atomic E-state index is -3.68. The fourth-order valence-electron chi connectivity index (χ4n) is 1.36. The van der Waals surface area contributed by atoms with Crippen LogP contribution in [0.2, 0.25) is 5.02 Å². The topological polar surface area (TPSA) is 58.5 Å². The number of hydrazone groups is 1. The lowest BCUT2D eigenvalue weighted by molar-refractivity contribution is 0.584. The van der Waals surface area contributed by atoms with Gasteiger partial charge in [0.15, 0.2) is 0 Å². The number of benzene rings is 1. The zero-order valence-corrected chi connectivity index (χ0v) is 14.3. The number of halogens is 2. The Hall–Kier alpha value is -0.890. The van der Waals surface area contributed by atoms with Gasteiger partial charge in [0.1, 0.15) is 0 Å². The molecule has 0 aliphatic heterocycles. The summed E-state index contributed by atoms with van der Waals surface area (Å²) >= 11 is 10.6. The summed E-state index contributed by atoms with van der Waals surface area (Å²) in [5.74, 6) is 0. The van der Waals surface area contributed by atoms with Crippen LogP contribution in [0.4, 0.5) is 0 Å². The second kappa shape index (κ2) is 6.26. The average molecular weight is 394 g/mol. The molecular weight excluding hydrogens is 384 g/mol. The molecule has 2 rings (SSSR count). The Morgan fingerprint density at radius 1 is 1.25 bits per heavy atom. The van der Waals surface area contributed by atoms with Crippen molar-refractivity contribution in [2.75, 3.05) is 0 Å². The summed E-state index contributed by atoms with van der Waals surface area (Å²) in [4.78, 5) is 3.21. The summed E-state index contributed by atoms with van der Waals surface area (Å²) < 4.78 is 25.0. The molecule has 0 saturated carbocycles. The van der Waals surface area contributed by atoms with E-state index in [-0.39, 0.29) is 4.90 Å². The molecule has 0 saturated heterocycles. The van der Waals surface area contributed by atoms with E-state index >= 15 is 0 Å². The maximum absolute atomic E-state index is 12.0. The number of nitrogens with zero attached hydrogens (tertiary/aromatic N) is 1. The van der Waals surface area contributed by atoms with Crippen molar-refractivity contribution < 1.29 is 8.42 Å². The van der Waals surface area contributed by atoms with Gasteiger partial charge in [-0.3, -0.25) is 0 Å². The molecule has 20 heavy (non-hydrogen) atoms. The van der Waals surface area contributed by atoms with Gasteiger partial charge >= 0.3 is 0 Å². The van der Waals surface area contributed by atoms with E-state index in [0.29, 0.717) is 10.7 Å². The number of hydrogen-bond acceptors (Lipinski definition) is 4. The summed E-state index contributed by atoms with van der Waals surface area (Å²) in [7, 11) is -3.68. The third-order valence-corrected chi connectivity index (χ3v) is 5.60. The summed E-state index contributed by atoms with van der Waals surface area (Å²) in [6.07, 6.45) is 0.